The molecule has 1 aliphatic heterocycles. The fourth-order valence-corrected chi connectivity index (χ4v) is 6.24. The monoisotopic (exact) mass is 611 g/mol. The Morgan fingerprint density at radius 3 is 1.15 bits per heavy atom. The van der Waals surface area contributed by atoms with Crippen molar-refractivity contribution in [3.05, 3.63) is 179 Å². The maximum atomic E-state index is 12.2. The van der Waals surface area contributed by atoms with Crippen LogP contribution in [0.3, 0.4) is 0 Å². The molecule has 5 aromatic rings. The number of hydrogen-bond donors (Lipinski definition) is 2. The lowest BCUT2D eigenvalue weighted by molar-refractivity contribution is -0.0408. The van der Waals surface area contributed by atoms with E-state index in [2.05, 4.69) is 58.3 Å². The topological polar surface area (TPSA) is 68.5 Å². The third-order valence-electron chi connectivity index (χ3n) is 8.64. The SMILES string of the molecule is O[C@@H]1[C@@H](O)[C@@H](Cc2ccccc2)N(Cc2ccccc2)C(=NOCc2ccccc2)N(Cc2ccccc2)[C@@H]1Cc1ccccc1. The highest BCUT2D eigenvalue weighted by Crippen LogP contribution is 2.30. The van der Waals surface area contributed by atoms with Crippen LogP contribution >= 0.6 is 0 Å². The van der Waals surface area contributed by atoms with Crippen LogP contribution in [0.15, 0.2) is 157 Å². The Balaban J connectivity index is 1.49. The van der Waals surface area contributed by atoms with Crippen molar-refractivity contribution in [3.8, 4) is 0 Å². The normalized spacial score (nSPS) is 19.8. The highest BCUT2D eigenvalue weighted by Gasteiger charge is 2.45. The molecule has 0 spiro atoms. The molecule has 1 heterocycles. The molecule has 0 aliphatic carbocycles. The van der Waals surface area contributed by atoms with Crippen molar-refractivity contribution >= 4 is 5.96 Å². The van der Waals surface area contributed by atoms with Crippen LogP contribution in [0.4, 0.5) is 0 Å². The maximum Gasteiger partial charge on any atom is 0.240 e. The molecule has 6 nitrogen and oxygen atoms in total. The van der Waals surface area contributed by atoms with Gasteiger partial charge in [-0.25, -0.2) is 0 Å². The van der Waals surface area contributed by atoms with E-state index in [4.69, 9.17) is 9.99 Å². The first-order chi connectivity index (χ1) is 22.7. The third-order valence-corrected chi connectivity index (χ3v) is 8.64. The summed E-state index contributed by atoms with van der Waals surface area (Å²) in [5, 5.41) is 29.2. The average Bonchev–Trinajstić information content (AvgIpc) is 3.17. The van der Waals surface area contributed by atoms with Gasteiger partial charge in [0.05, 0.1) is 12.1 Å². The van der Waals surface area contributed by atoms with Crippen LogP contribution in [0.5, 0.6) is 0 Å². The summed E-state index contributed by atoms with van der Waals surface area (Å²) >= 11 is 0. The molecule has 2 N–H and O–H groups in total. The van der Waals surface area contributed by atoms with E-state index in [0.29, 0.717) is 38.5 Å². The molecule has 1 aliphatic rings. The van der Waals surface area contributed by atoms with Gasteiger partial charge in [0.15, 0.2) is 0 Å². The second-order valence-corrected chi connectivity index (χ2v) is 11.9. The van der Waals surface area contributed by atoms with E-state index in [9.17, 15) is 10.2 Å². The van der Waals surface area contributed by atoms with Gasteiger partial charge in [0.1, 0.15) is 18.8 Å². The smallest absolute Gasteiger partial charge is 0.240 e. The van der Waals surface area contributed by atoms with Gasteiger partial charge in [-0.05, 0) is 45.8 Å². The van der Waals surface area contributed by atoms with Crippen molar-refractivity contribution in [2.45, 2.75) is 56.8 Å². The van der Waals surface area contributed by atoms with Gasteiger partial charge in [0.25, 0.3) is 0 Å². The number of hydrogen-bond acceptors (Lipinski definition) is 4. The molecule has 234 valence electrons. The van der Waals surface area contributed by atoms with Crippen LogP contribution in [0.1, 0.15) is 27.8 Å². The Labute approximate surface area is 271 Å². The molecule has 0 saturated carbocycles. The zero-order valence-electron chi connectivity index (χ0n) is 25.9. The van der Waals surface area contributed by atoms with Crippen molar-refractivity contribution in [2.24, 2.45) is 5.16 Å². The molecule has 46 heavy (non-hydrogen) atoms. The highest BCUT2D eigenvalue weighted by molar-refractivity contribution is 5.81. The summed E-state index contributed by atoms with van der Waals surface area (Å²) in [4.78, 5) is 10.4. The summed E-state index contributed by atoms with van der Waals surface area (Å²) in [6.07, 6.45) is -1.11. The van der Waals surface area contributed by atoms with Crippen molar-refractivity contribution in [2.75, 3.05) is 0 Å². The lowest BCUT2D eigenvalue weighted by Gasteiger charge is -2.38. The van der Waals surface area contributed by atoms with Gasteiger partial charge in [0, 0.05) is 13.1 Å². The molecular weight excluding hydrogens is 570 g/mol. The quantitative estimate of drug-likeness (QED) is 0.168. The molecule has 5 aromatic carbocycles. The minimum absolute atomic E-state index is 0.292. The first kappa shape index (κ1) is 31.1. The van der Waals surface area contributed by atoms with Crippen LogP contribution in [0, 0.1) is 0 Å². The van der Waals surface area contributed by atoms with Gasteiger partial charge in [-0.1, -0.05) is 152 Å². The summed E-state index contributed by atoms with van der Waals surface area (Å²) in [6, 6.07) is 49.7. The third kappa shape index (κ3) is 7.83. The lowest BCUT2D eigenvalue weighted by atomic mass is 9.91. The molecule has 0 unspecified atom stereocenters. The van der Waals surface area contributed by atoms with Crippen LogP contribution in [0.2, 0.25) is 0 Å². The van der Waals surface area contributed by atoms with Crippen molar-refractivity contribution in [1.29, 1.82) is 0 Å². The average molecular weight is 612 g/mol. The van der Waals surface area contributed by atoms with Gasteiger partial charge in [-0.3, -0.25) is 0 Å². The first-order valence-electron chi connectivity index (χ1n) is 15.9. The molecule has 6 heteroatoms. The minimum Gasteiger partial charge on any atom is -0.388 e. The van der Waals surface area contributed by atoms with Crippen molar-refractivity contribution in [3.63, 3.8) is 0 Å². The fraction of sp³-hybridized carbons (Fsp3) is 0.225. The fourth-order valence-electron chi connectivity index (χ4n) is 6.24. The summed E-state index contributed by atoms with van der Waals surface area (Å²) in [5.74, 6) is 0.584. The van der Waals surface area contributed by atoms with Crippen LogP contribution in [-0.2, 0) is 37.4 Å². The molecule has 0 aromatic heterocycles. The molecule has 0 amide bonds. The van der Waals surface area contributed by atoms with Gasteiger partial charge >= 0.3 is 0 Å². The largest absolute Gasteiger partial charge is 0.388 e. The summed E-state index contributed by atoms with van der Waals surface area (Å²) in [5.41, 5.74) is 5.28. The minimum atomic E-state index is -1.07. The predicted octanol–water partition coefficient (Wildman–Crippen LogP) is 6.44. The van der Waals surface area contributed by atoms with E-state index in [1.54, 1.807) is 0 Å². The number of rotatable bonds is 11. The van der Waals surface area contributed by atoms with Gasteiger partial charge in [-0.2, -0.15) is 0 Å². The lowest BCUT2D eigenvalue weighted by Crippen LogP contribution is -2.51. The second kappa shape index (κ2) is 15.4. The molecule has 1 fully saturated rings. The van der Waals surface area contributed by atoms with E-state index in [1.807, 2.05) is 103 Å². The van der Waals surface area contributed by atoms with Gasteiger partial charge < -0.3 is 24.9 Å². The van der Waals surface area contributed by atoms with Gasteiger partial charge in [0.2, 0.25) is 5.96 Å². The Bertz CT molecular complexity index is 1540. The number of nitrogens with zero attached hydrogens (tertiary/aromatic N) is 3. The number of aliphatic hydroxyl groups excluding tert-OH is 2. The second-order valence-electron chi connectivity index (χ2n) is 11.9. The number of oxime groups is 1. The molecule has 0 radical (unpaired) electrons. The Morgan fingerprint density at radius 2 is 0.783 bits per heavy atom. The predicted molar refractivity (Wildman–Crippen MR) is 183 cm³/mol. The van der Waals surface area contributed by atoms with Crippen molar-refractivity contribution < 1.29 is 15.1 Å². The number of benzene rings is 5. The summed E-state index contributed by atoms with van der Waals surface area (Å²) < 4.78 is 0. The standard InChI is InChI=1S/C40H41N3O3/c44-38-36(26-31-16-6-1-7-17-31)42(28-33-20-10-3-11-21-33)40(41-46-30-35-24-14-5-15-25-35)43(29-34-22-12-4-13-23-34)37(39(38)45)27-32-18-8-2-9-19-32/h1-25,36-39,44-45H,26-30H2/t36-,37-,38+,39+/m1/s1. The zero-order valence-corrected chi connectivity index (χ0v) is 25.9. The zero-order chi connectivity index (χ0) is 31.6. The Hall–Kier alpha value is -4.91. The molecule has 0 bridgehead atoms. The highest BCUT2D eigenvalue weighted by atomic mass is 16.6. The first-order valence-corrected chi connectivity index (χ1v) is 15.9. The van der Waals surface area contributed by atoms with E-state index in [1.165, 1.54) is 0 Å². The van der Waals surface area contributed by atoms with Crippen LogP contribution in [-0.4, -0.2) is 50.3 Å². The molecular formula is C40H41N3O3. The van der Waals surface area contributed by atoms with Crippen LogP contribution in [0.25, 0.3) is 0 Å². The molecule has 1 saturated heterocycles. The summed E-state index contributed by atoms with van der Waals surface area (Å²) in [6.45, 7) is 1.23. The number of guanidine groups is 1. The van der Waals surface area contributed by atoms with E-state index in [-0.39, 0.29) is 0 Å². The molecule has 4 atom stereocenters. The Kier molecular flexibility index (Phi) is 10.4. The van der Waals surface area contributed by atoms with Crippen LogP contribution < -0.4 is 0 Å². The Morgan fingerprint density at radius 1 is 0.457 bits per heavy atom. The maximum absolute atomic E-state index is 12.2. The molecule has 6 rings (SSSR count). The summed E-state index contributed by atoms with van der Waals surface area (Å²) in [7, 11) is 0. The van der Waals surface area contributed by atoms with E-state index >= 15 is 0 Å². The number of aliphatic hydroxyl groups is 2. The van der Waals surface area contributed by atoms with Gasteiger partial charge in [-0.15, -0.1) is 0 Å². The van der Waals surface area contributed by atoms with E-state index < -0.39 is 24.3 Å². The van der Waals surface area contributed by atoms with Crippen molar-refractivity contribution in [1.82, 2.24) is 9.80 Å². The van der Waals surface area contributed by atoms with E-state index in [0.717, 1.165) is 27.8 Å².